The molecule has 1 saturated heterocycles. The Morgan fingerprint density at radius 3 is 2.60 bits per heavy atom. The van der Waals surface area contributed by atoms with Gasteiger partial charge in [-0.15, -0.1) is 0 Å². The quantitative estimate of drug-likeness (QED) is 0.753. The minimum absolute atomic E-state index is 0.0930. The van der Waals surface area contributed by atoms with E-state index >= 15 is 0 Å². The summed E-state index contributed by atoms with van der Waals surface area (Å²) < 4.78 is 2.26. The molecule has 1 aromatic carbocycles. The van der Waals surface area contributed by atoms with Crippen LogP contribution in [0, 0.1) is 11.8 Å². The summed E-state index contributed by atoms with van der Waals surface area (Å²) in [7, 11) is 0. The van der Waals surface area contributed by atoms with E-state index in [1.807, 2.05) is 12.1 Å². The number of benzene rings is 1. The van der Waals surface area contributed by atoms with Crippen molar-refractivity contribution in [1.82, 2.24) is 15.4 Å². The zero-order chi connectivity index (χ0) is 18.0. The molecule has 25 heavy (non-hydrogen) atoms. The van der Waals surface area contributed by atoms with E-state index in [0.29, 0.717) is 30.3 Å². The molecule has 2 heterocycles. The van der Waals surface area contributed by atoms with Gasteiger partial charge in [-0.3, -0.25) is 15.6 Å². The summed E-state index contributed by atoms with van der Waals surface area (Å²) in [6.45, 7) is 9.74. The van der Waals surface area contributed by atoms with Crippen LogP contribution < -0.4 is 16.2 Å². The van der Waals surface area contributed by atoms with Gasteiger partial charge < -0.3 is 9.88 Å². The summed E-state index contributed by atoms with van der Waals surface area (Å²) in [6, 6.07) is 9.02. The third-order valence-electron chi connectivity index (χ3n) is 5.18. The first-order valence-corrected chi connectivity index (χ1v) is 9.34. The summed E-state index contributed by atoms with van der Waals surface area (Å²) >= 11 is 0. The molecule has 3 rings (SSSR count). The van der Waals surface area contributed by atoms with Crippen molar-refractivity contribution in [2.45, 2.75) is 59.2 Å². The number of anilines is 1. The Hall–Kier alpha value is -1.85. The molecule has 2 aromatic rings. The lowest BCUT2D eigenvalue weighted by Gasteiger charge is -2.17. The van der Waals surface area contributed by atoms with Crippen LogP contribution in [0.5, 0.6) is 0 Å². The van der Waals surface area contributed by atoms with Crippen molar-refractivity contribution in [3.63, 3.8) is 0 Å². The standard InChI is InChI=1S/C20H30N4O/c1-13(2)12-24-11-10-17-18(6-5-7-19(17)24)21-20(25)9-8-16-14(3)22-23-15(16)4/h5-7,10-11,13-16,22-23H,8-9,12H2,1-4H3,(H,21,25). The molecule has 3 N–H and O–H groups in total. The van der Waals surface area contributed by atoms with Gasteiger partial charge in [-0.1, -0.05) is 19.9 Å². The fourth-order valence-corrected chi connectivity index (χ4v) is 3.81. The lowest BCUT2D eigenvalue weighted by Crippen LogP contribution is -2.30. The second-order valence-corrected chi connectivity index (χ2v) is 7.72. The first kappa shape index (κ1) is 18.0. The van der Waals surface area contributed by atoms with Gasteiger partial charge in [0.1, 0.15) is 0 Å². The van der Waals surface area contributed by atoms with E-state index in [2.05, 4.69) is 66.8 Å². The molecule has 1 fully saturated rings. The predicted octanol–water partition coefficient (Wildman–Crippen LogP) is 3.52. The summed E-state index contributed by atoms with van der Waals surface area (Å²) in [5.41, 5.74) is 8.59. The summed E-state index contributed by atoms with van der Waals surface area (Å²) in [4.78, 5) is 12.5. The largest absolute Gasteiger partial charge is 0.347 e. The Labute approximate surface area is 150 Å². The fraction of sp³-hybridized carbons (Fsp3) is 0.550. The average molecular weight is 342 g/mol. The molecule has 2 unspecified atom stereocenters. The number of hydrogen-bond donors (Lipinski definition) is 3. The Morgan fingerprint density at radius 2 is 1.92 bits per heavy atom. The van der Waals surface area contributed by atoms with Crippen LogP contribution >= 0.6 is 0 Å². The molecule has 0 saturated carbocycles. The molecule has 1 amide bonds. The minimum Gasteiger partial charge on any atom is -0.347 e. The Kier molecular flexibility index (Phi) is 5.45. The van der Waals surface area contributed by atoms with Crippen molar-refractivity contribution in [3.8, 4) is 0 Å². The highest BCUT2D eigenvalue weighted by Crippen LogP contribution is 2.26. The number of nitrogens with one attached hydrogen (secondary N) is 3. The molecule has 1 aliphatic heterocycles. The van der Waals surface area contributed by atoms with Crippen LogP contribution in [0.4, 0.5) is 5.69 Å². The number of amides is 1. The summed E-state index contributed by atoms with van der Waals surface area (Å²) in [5, 5.41) is 4.23. The van der Waals surface area contributed by atoms with E-state index in [4.69, 9.17) is 0 Å². The van der Waals surface area contributed by atoms with Crippen LogP contribution in [0.3, 0.4) is 0 Å². The summed E-state index contributed by atoms with van der Waals surface area (Å²) in [5.74, 6) is 1.16. The molecule has 5 nitrogen and oxygen atoms in total. The molecule has 0 spiro atoms. The van der Waals surface area contributed by atoms with Gasteiger partial charge in [0.15, 0.2) is 0 Å². The summed E-state index contributed by atoms with van der Waals surface area (Å²) in [6.07, 6.45) is 3.55. The molecule has 2 atom stereocenters. The van der Waals surface area contributed by atoms with E-state index in [1.54, 1.807) is 0 Å². The van der Waals surface area contributed by atoms with Crippen LogP contribution in [0.2, 0.25) is 0 Å². The second kappa shape index (κ2) is 7.58. The maximum atomic E-state index is 12.5. The molecule has 1 aromatic heterocycles. The van der Waals surface area contributed by atoms with Gasteiger partial charge in [-0.2, -0.15) is 0 Å². The zero-order valence-electron chi connectivity index (χ0n) is 15.7. The van der Waals surface area contributed by atoms with Gasteiger partial charge in [0.2, 0.25) is 5.91 Å². The monoisotopic (exact) mass is 342 g/mol. The highest BCUT2D eigenvalue weighted by Gasteiger charge is 2.29. The van der Waals surface area contributed by atoms with Crippen molar-refractivity contribution < 1.29 is 4.79 Å². The van der Waals surface area contributed by atoms with Gasteiger partial charge in [0, 0.05) is 36.6 Å². The lowest BCUT2D eigenvalue weighted by atomic mass is 9.91. The number of nitrogens with zero attached hydrogens (tertiary/aromatic N) is 1. The Morgan fingerprint density at radius 1 is 1.20 bits per heavy atom. The van der Waals surface area contributed by atoms with E-state index in [9.17, 15) is 4.79 Å². The van der Waals surface area contributed by atoms with Gasteiger partial charge in [0.05, 0.1) is 11.2 Å². The van der Waals surface area contributed by atoms with E-state index in [1.165, 1.54) is 5.52 Å². The fourth-order valence-electron chi connectivity index (χ4n) is 3.81. The topological polar surface area (TPSA) is 58.1 Å². The normalized spacial score (nSPS) is 23.5. The van der Waals surface area contributed by atoms with Gasteiger partial charge in [0.25, 0.3) is 0 Å². The van der Waals surface area contributed by atoms with E-state index in [-0.39, 0.29) is 5.91 Å². The van der Waals surface area contributed by atoms with Crippen molar-refractivity contribution in [2.75, 3.05) is 5.32 Å². The van der Waals surface area contributed by atoms with Gasteiger partial charge in [-0.05, 0) is 50.3 Å². The molecule has 0 bridgehead atoms. The van der Waals surface area contributed by atoms with Crippen molar-refractivity contribution >= 4 is 22.5 Å². The highest BCUT2D eigenvalue weighted by molar-refractivity contribution is 6.01. The number of hydrazine groups is 1. The third kappa shape index (κ3) is 4.05. The molecule has 5 heteroatoms. The zero-order valence-corrected chi connectivity index (χ0v) is 15.7. The highest BCUT2D eigenvalue weighted by atomic mass is 16.1. The number of hydrogen-bond acceptors (Lipinski definition) is 3. The number of carbonyl (C=O) groups excluding carboxylic acids is 1. The van der Waals surface area contributed by atoms with Crippen LogP contribution in [0.1, 0.15) is 40.5 Å². The minimum atomic E-state index is 0.0930. The van der Waals surface area contributed by atoms with Crippen molar-refractivity contribution in [2.24, 2.45) is 11.8 Å². The van der Waals surface area contributed by atoms with Gasteiger partial charge >= 0.3 is 0 Å². The SMILES string of the molecule is CC(C)Cn1ccc2c(NC(=O)CCC3C(C)NNC3C)cccc21. The van der Waals surface area contributed by atoms with Gasteiger partial charge in [-0.25, -0.2) is 0 Å². The smallest absolute Gasteiger partial charge is 0.224 e. The number of rotatable bonds is 6. The second-order valence-electron chi connectivity index (χ2n) is 7.72. The molecular formula is C20H30N4O. The molecular weight excluding hydrogens is 312 g/mol. The third-order valence-corrected chi connectivity index (χ3v) is 5.18. The first-order valence-electron chi connectivity index (χ1n) is 9.34. The number of aromatic nitrogens is 1. The number of carbonyl (C=O) groups is 1. The molecule has 0 aliphatic carbocycles. The molecule has 0 radical (unpaired) electrons. The van der Waals surface area contributed by atoms with Crippen LogP contribution in [-0.2, 0) is 11.3 Å². The van der Waals surface area contributed by atoms with E-state index < -0.39 is 0 Å². The molecule has 136 valence electrons. The predicted molar refractivity (Wildman–Crippen MR) is 103 cm³/mol. The maximum Gasteiger partial charge on any atom is 0.224 e. The van der Waals surface area contributed by atoms with Crippen LogP contribution in [0.25, 0.3) is 10.9 Å². The van der Waals surface area contributed by atoms with Crippen molar-refractivity contribution in [1.29, 1.82) is 0 Å². The Bertz CT molecular complexity index is 726. The maximum absolute atomic E-state index is 12.5. The van der Waals surface area contributed by atoms with Crippen LogP contribution in [0.15, 0.2) is 30.5 Å². The Balaban J connectivity index is 1.66. The first-order chi connectivity index (χ1) is 12.0. The average Bonchev–Trinajstić information content (AvgIpc) is 3.10. The molecule has 1 aliphatic rings. The van der Waals surface area contributed by atoms with Crippen LogP contribution in [-0.4, -0.2) is 22.6 Å². The van der Waals surface area contributed by atoms with Crippen molar-refractivity contribution in [3.05, 3.63) is 30.5 Å². The number of fused-ring (bicyclic) bond motifs is 1. The lowest BCUT2D eigenvalue weighted by molar-refractivity contribution is -0.116. The van der Waals surface area contributed by atoms with E-state index in [0.717, 1.165) is 24.0 Å².